The van der Waals surface area contributed by atoms with Crippen molar-refractivity contribution in [3.05, 3.63) is 124 Å². The number of rotatable bonds is 10. The second-order valence-electron chi connectivity index (χ2n) is 10.2. The van der Waals surface area contributed by atoms with Crippen molar-refractivity contribution in [2.24, 2.45) is 0 Å². The Hall–Kier alpha value is -4.73. The third-order valence-electron chi connectivity index (χ3n) is 7.09. The van der Waals surface area contributed by atoms with E-state index < -0.39 is 34.4 Å². The number of benzene rings is 2. The van der Waals surface area contributed by atoms with Crippen LogP contribution in [-0.2, 0) is 13.2 Å². The maximum absolute atomic E-state index is 14.2. The van der Waals surface area contributed by atoms with E-state index in [1.165, 1.54) is 16.9 Å². The van der Waals surface area contributed by atoms with Crippen LogP contribution < -0.4 is 20.5 Å². The SMILES string of the molecule is C=CC(C)N1CN(C(C)(C)C=C)C(=O)c2c(OCc3ccccc3)c(=O)c(C(=O)NCc3ccc(F)cc3F)cn21. The number of aromatic nitrogens is 1. The van der Waals surface area contributed by atoms with Gasteiger partial charge in [-0.25, -0.2) is 8.78 Å². The zero-order valence-corrected chi connectivity index (χ0v) is 23.2. The first-order valence-electron chi connectivity index (χ1n) is 13.0. The molecule has 1 N–H and O–H groups in total. The highest BCUT2D eigenvalue weighted by Crippen LogP contribution is 2.29. The van der Waals surface area contributed by atoms with Crippen LogP contribution in [0.2, 0.25) is 0 Å². The third kappa shape index (κ3) is 5.91. The van der Waals surface area contributed by atoms with Crippen LogP contribution in [-0.4, -0.2) is 39.6 Å². The molecule has 0 radical (unpaired) electrons. The van der Waals surface area contributed by atoms with Gasteiger partial charge in [0.25, 0.3) is 11.8 Å². The minimum Gasteiger partial charge on any atom is -0.482 e. The van der Waals surface area contributed by atoms with Gasteiger partial charge in [0.15, 0.2) is 11.4 Å². The van der Waals surface area contributed by atoms with Gasteiger partial charge in [-0.2, -0.15) is 0 Å². The van der Waals surface area contributed by atoms with Crippen molar-refractivity contribution >= 4 is 11.8 Å². The molecule has 1 aliphatic heterocycles. The number of amides is 2. The van der Waals surface area contributed by atoms with E-state index in [0.717, 1.165) is 11.6 Å². The summed E-state index contributed by atoms with van der Waals surface area (Å²) in [5.74, 6) is -3.18. The molecule has 0 bridgehead atoms. The Morgan fingerprint density at radius 3 is 2.49 bits per heavy atom. The van der Waals surface area contributed by atoms with E-state index in [-0.39, 0.29) is 48.4 Å². The first-order valence-corrected chi connectivity index (χ1v) is 13.0. The average Bonchev–Trinajstić information content (AvgIpc) is 2.96. The smallest absolute Gasteiger partial charge is 0.278 e. The highest BCUT2D eigenvalue weighted by molar-refractivity contribution is 5.99. The minimum atomic E-state index is -0.833. The van der Waals surface area contributed by atoms with Gasteiger partial charge in [-0.3, -0.25) is 24.1 Å². The quantitative estimate of drug-likeness (QED) is 0.368. The van der Waals surface area contributed by atoms with Crippen LogP contribution in [0.15, 0.2) is 84.8 Å². The number of pyridine rings is 1. The van der Waals surface area contributed by atoms with Gasteiger partial charge in [0.2, 0.25) is 5.43 Å². The number of nitrogens with one attached hydrogen (secondary N) is 1. The first kappa shape index (κ1) is 29.3. The van der Waals surface area contributed by atoms with Crippen molar-refractivity contribution in [3.63, 3.8) is 0 Å². The normalized spacial score (nSPS) is 13.8. The number of hydrogen-bond donors (Lipinski definition) is 1. The van der Waals surface area contributed by atoms with Crippen LogP contribution in [0.3, 0.4) is 0 Å². The fourth-order valence-corrected chi connectivity index (χ4v) is 4.34. The van der Waals surface area contributed by atoms with Crippen LogP contribution in [0.5, 0.6) is 5.75 Å². The molecule has 0 saturated heterocycles. The third-order valence-corrected chi connectivity index (χ3v) is 7.09. The van der Waals surface area contributed by atoms with Crippen molar-refractivity contribution in [3.8, 4) is 5.75 Å². The summed E-state index contributed by atoms with van der Waals surface area (Å²) in [6.07, 6.45) is 4.58. The van der Waals surface area contributed by atoms with Gasteiger partial charge in [0.05, 0.1) is 11.6 Å². The summed E-state index contributed by atoms with van der Waals surface area (Å²) >= 11 is 0. The molecule has 0 saturated carbocycles. The van der Waals surface area contributed by atoms with Gasteiger partial charge in [-0.05, 0) is 32.4 Å². The molecular weight excluding hydrogens is 530 g/mol. The molecule has 4 rings (SSSR count). The van der Waals surface area contributed by atoms with Gasteiger partial charge >= 0.3 is 0 Å². The molecule has 0 fully saturated rings. The lowest BCUT2D eigenvalue weighted by Crippen LogP contribution is -2.62. The second-order valence-corrected chi connectivity index (χ2v) is 10.2. The zero-order valence-electron chi connectivity index (χ0n) is 23.2. The molecule has 2 heterocycles. The van der Waals surface area contributed by atoms with E-state index in [4.69, 9.17) is 4.74 Å². The van der Waals surface area contributed by atoms with E-state index in [1.807, 2.05) is 39.0 Å². The molecule has 1 unspecified atom stereocenters. The highest BCUT2D eigenvalue weighted by Gasteiger charge is 2.41. The topological polar surface area (TPSA) is 83.9 Å². The van der Waals surface area contributed by atoms with Crippen molar-refractivity contribution in [1.82, 2.24) is 14.9 Å². The Morgan fingerprint density at radius 2 is 1.85 bits per heavy atom. The van der Waals surface area contributed by atoms with Crippen molar-refractivity contribution in [2.45, 2.75) is 45.5 Å². The van der Waals surface area contributed by atoms with Crippen LogP contribution in [0, 0.1) is 11.6 Å². The number of ether oxygens (including phenoxy) is 1. The summed E-state index contributed by atoms with van der Waals surface area (Å²) in [5.41, 5.74) is -1.18. The molecule has 2 aromatic carbocycles. The number of fused-ring (bicyclic) bond motifs is 1. The predicted octanol–water partition coefficient (Wildman–Crippen LogP) is 4.53. The van der Waals surface area contributed by atoms with E-state index in [2.05, 4.69) is 18.5 Å². The lowest BCUT2D eigenvalue weighted by molar-refractivity contribution is 0.0529. The molecule has 1 atom stereocenters. The Labute approximate surface area is 237 Å². The molecule has 41 heavy (non-hydrogen) atoms. The Balaban J connectivity index is 1.83. The molecule has 1 aliphatic rings. The molecule has 0 aliphatic carbocycles. The number of nitrogens with zero attached hydrogens (tertiary/aromatic N) is 3. The molecule has 10 heteroatoms. The molecule has 3 aromatic rings. The van der Waals surface area contributed by atoms with E-state index >= 15 is 0 Å². The van der Waals surface area contributed by atoms with Crippen LogP contribution in [0.4, 0.5) is 8.78 Å². The highest BCUT2D eigenvalue weighted by atomic mass is 19.1. The summed E-state index contributed by atoms with van der Waals surface area (Å²) in [6, 6.07) is 11.7. The van der Waals surface area contributed by atoms with Gasteiger partial charge in [0.1, 0.15) is 30.5 Å². The Kier molecular flexibility index (Phi) is 8.41. The van der Waals surface area contributed by atoms with Gasteiger partial charge in [-0.15, -0.1) is 13.2 Å². The Morgan fingerprint density at radius 1 is 1.15 bits per heavy atom. The zero-order chi connectivity index (χ0) is 29.9. The van der Waals surface area contributed by atoms with E-state index in [9.17, 15) is 23.2 Å². The average molecular weight is 563 g/mol. The largest absolute Gasteiger partial charge is 0.482 e. The molecule has 1 aromatic heterocycles. The van der Waals surface area contributed by atoms with Crippen LogP contribution in [0.1, 0.15) is 52.7 Å². The van der Waals surface area contributed by atoms with Crippen molar-refractivity contribution in [2.75, 3.05) is 11.7 Å². The molecule has 0 spiro atoms. The monoisotopic (exact) mass is 562 g/mol. The van der Waals surface area contributed by atoms with E-state index in [0.29, 0.717) is 6.07 Å². The fraction of sp³-hybridized carbons (Fsp3) is 0.258. The lowest BCUT2D eigenvalue weighted by Gasteiger charge is -2.47. The summed E-state index contributed by atoms with van der Waals surface area (Å²) in [7, 11) is 0. The lowest BCUT2D eigenvalue weighted by atomic mass is 10.0. The number of carbonyl (C=O) groups excluding carboxylic acids is 2. The molecular formula is C31H32F2N4O4. The van der Waals surface area contributed by atoms with Gasteiger partial charge in [0, 0.05) is 24.4 Å². The maximum atomic E-state index is 14.2. The van der Waals surface area contributed by atoms with Gasteiger partial charge < -0.3 is 15.0 Å². The number of carbonyl (C=O) groups is 2. The molecule has 214 valence electrons. The maximum Gasteiger partial charge on any atom is 0.278 e. The minimum absolute atomic E-state index is 0.0376. The summed E-state index contributed by atoms with van der Waals surface area (Å²) in [4.78, 5) is 42.6. The van der Waals surface area contributed by atoms with Gasteiger partial charge in [-0.1, -0.05) is 48.6 Å². The predicted molar refractivity (Wildman–Crippen MR) is 152 cm³/mol. The Bertz CT molecular complexity index is 1550. The fourth-order valence-electron chi connectivity index (χ4n) is 4.34. The standard InChI is InChI=1S/C31H32F2N4O4/c1-6-20(3)37-19-35(31(4,5)7-2)30(40)26-28(41-18-21-11-9-8-10-12-21)27(38)24(17-36(26)37)29(39)34-16-22-13-14-23(32)15-25(22)33/h6-15,17,20H,1-2,16,18-19H2,3-5H3,(H,34,39). The van der Waals surface area contributed by atoms with Crippen LogP contribution >= 0.6 is 0 Å². The summed E-state index contributed by atoms with van der Waals surface area (Å²) in [5, 5.41) is 4.28. The first-order chi connectivity index (χ1) is 19.5. The van der Waals surface area contributed by atoms with Crippen LogP contribution in [0.25, 0.3) is 0 Å². The molecule has 2 amide bonds. The number of halogens is 2. The second kappa shape index (κ2) is 11.8. The van der Waals surface area contributed by atoms with E-state index in [1.54, 1.807) is 34.2 Å². The summed E-state index contributed by atoms with van der Waals surface area (Å²) in [6.45, 7) is 13.0. The van der Waals surface area contributed by atoms with Crippen molar-refractivity contribution in [1.29, 1.82) is 0 Å². The summed E-state index contributed by atoms with van der Waals surface area (Å²) < 4.78 is 34.9. The molecule has 8 nitrogen and oxygen atoms in total. The van der Waals surface area contributed by atoms with Crippen molar-refractivity contribution < 1.29 is 23.1 Å². The number of hydrogen-bond acceptors (Lipinski definition) is 5.